The summed E-state index contributed by atoms with van der Waals surface area (Å²) in [5.74, 6) is 0.00987. The molecule has 1 aliphatic rings. The van der Waals surface area contributed by atoms with Gasteiger partial charge in [-0.05, 0) is 38.0 Å². The first-order chi connectivity index (χ1) is 14.9. The largest absolute Gasteiger partial charge is 0.417 e. The molecular weight excluding hydrogens is 443 g/mol. The molecule has 0 saturated carbocycles. The Hall–Kier alpha value is -3.28. The van der Waals surface area contributed by atoms with Gasteiger partial charge in [-0.15, -0.1) is 0 Å². The van der Waals surface area contributed by atoms with Crippen LogP contribution in [0.15, 0.2) is 24.5 Å². The Kier molecular flexibility index (Phi) is 5.27. The molecule has 0 atom stereocenters. The highest BCUT2D eigenvalue weighted by molar-refractivity contribution is 7.09. The monoisotopic (exact) mass is 463 g/mol. The van der Waals surface area contributed by atoms with E-state index >= 15 is 0 Å². The van der Waals surface area contributed by atoms with Gasteiger partial charge in [-0.3, -0.25) is 9.78 Å². The summed E-state index contributed by atoms with van der Waals surface area (Å²) in [5, 5.41) is 6.58. The molecule has 4 rings (SSSR count). The molecule has 3 aromatic rings. The van der Waals surface area contributed by atoms with Crippen LogP contribution >= 0.6 is 11.5 Å². The molecule has 1 aliphatic heterocycles. The lowest BCUT2D eigenvalue weighted by molar-refractivity contribution is -0.137. The fourth-order valence-electron chi connectivity index (χ4n) is 3.37. The molecule has 0 spiro atoms. The third-order valence-corrected chi connectivity index (χ3v) is 5.63. The number of carbonyl (C=O) groups excluding carboxylic acids is 1. The van der Waals surface area contributed by atoms with Crippen LogP contribution in [0.1, 0.15) is 31.9 Å². The number of halogens is 3. The smallest absolute Gasteiger partial charge is 0.378 e. The molecule has 0 aliphatic carbocycles. The van der Waals surface area contributed by atoms with Crippen molar-refractivity contribution in [2.75, 3.05) is 22.6 Å². The van der Waals surface area contributed by atoms with Crippen LogP contribution in [-0.2, 0) is 17.4 Å². The molecule has 3 aromatic heterocycles. The van der Waals surface area contributed by atoms with Crippen molar-refractivity contribution in [1.29, 1.82) is 0 Å². The van der Waals surface area contributed by atoms with Crippen LogP contribution in [0.4, 0.5) is 35.5 Å². The Labute approximate surface area is 186 Å². The Bertz CT molecular complexity index is 1190. The van der Waals surface area contributed by atoms with E-state index in [2.05, 4.69) is 43.8 Å². The van der Waals surface area contributed by atoms with Crippen LogP contribution in [0.5, 0.6) is 0 Å². The standard InChI is InChI=1S/C20H20F3N7OS/c1-10(31)30(4)15-6-12(20(21,22)23)8-25-17(15)27-18-26-16(29-32-18)13-5-11-7-19(2,3)28-14(11)9-24-13/h5-6,8-9,28H,7H2,1-4H3,(H,25,26,27,29). The summed E-state index contributed by atoms with van der Waals surface area (Å²) in [6, 6.07) is 2.80. The maximum Gasteiger partial charge on any atom is 0.417 e. The van der Waals surface area contributed by atoms with E-state index in [1.807, 2.05) is 6.07 Å². The van der Waals surface area contributed by atoms with Crippen LogP contribution in [0.3, 0.4) is 0 Å². The lowest BCUT2D eigenvalue weighted by Gasteiger charge is -2.20. The molecule has 0 unspecified atom stereocenters. The van der Waals surface area contributed by atoms with Gasteiger partial charge in [-0.25, -0.2) is 4.98 Å². The molecule has 1 amide bonds. The van der Waals surface area contributed by atoms with Crippen molar-refractivity contribution < 1.29 is 18.0 Å². The van der Waals surface area contributed by atoms with Gasteiger partial charge >= 0.3 is 6.18 Å². The van der Waals surface area contributed by atoms with Crippen molar-refractivity contribution in [3.63, 3.8) is 0 Å². The van der Waals surface area contributed by atoms with E-state index in [9.17, 15) is 18.0 Å². The maximum atomic E-state index is 13.1. The van der Waals surface area contributed by atoms with Crippen molar-refractivity contribution in [2.45, 2.75) is 38.9 Å². The highest BCUT2D eigenvalue weighted by Crippen LogP contribution is 2.36. The Morgan fingerprint density at radius 2 is 2.00 bits per heavy atom. The number of rotatable bonds is 4. The third kappa shape index (κ3) is 4.35. The van der Waals surface area contributed by atoms with Gasteiger partial charge in [0, 0.05) is 37.2 Å². The average molecular weight is 463 g/mol. The molecule has 0 aromatic carbocycles. The first-order valence-corrected chi connectivity index (χ1v) is 10.4. The average Bonchev–Trinajstić information content (AvgIpc) is 3.28. The molecule has 12 heteroatoms. The summed E-state index contributed by atoms with van der Waals surface area (Å²) >= 11 is 1.02. The van der Waals surface area contributed by atoms with E-state index in [0.29, 0.717) is 22.8 Å². The van der Waals surface area contributed by atoms with Gasteiger partial charge in [-0.2, -0.15) is 22.5 Å². The van der Waals surface area contributed by atoms with E-state index in [0.717, 1.165) is 40.2 Å². The minimum Gasteiger partial charge on any atom is -0.378 e. The number of pyridine rings is 2. The van der Waals surface area contributed by atoms with Crippen molar-refractivity contribution in [1.82, 2.24) is 19.3 Å². The topological polar surface area (TPSA) is 95.9 Å². The zero-order valence-electron chi connectivity index (χ0n) is 17.7. The Morgan fingerprint density at radius 3 is 2.69 bits per heavy atom. The minimum absolute atomic E-state index is 0.0203. The summed E-state index contributed by atoms with van der Waals surface area (Å²) in [6.45, 7) is 5.45. The SMILES string of the molecule is CC(=O)N(C)c1cc(C(F)(F)F)cnc1Nc1nc(-c2cc3c(cn2)NC(C)(C)C3)ns1. The van der Waals surface area contributed by atoms with E-state index in [-0.39, 0.29) is 17.0 Å². The Morgan fingerprint density at radius 1 is 1.25 bits per heavy atom. The number of aromatic nitrogens is 4. The van der Waals surface area contributed by atoms with E-state index < -0.39 is 17.6 Å². The highest BCUT2D eigenvalue weighted by atomic mass is 32.1. The van der Waals surface area contributed by atoms with Crippen molar-refractivity contribution in [2.24, 2.45) is 0 Å². The third-order valence-electron chi connectivity index (χ3n) is 5.00. The second-order valence-electron chi connectivity index (χ2n) is 8.13. The van der Waals surface area contributed by atoms with Crippen molar-refractivity contribution in [3.8, 4) is 11.5 Å². The van der Waals surface area contributed by atoms with Gasteiger partial charge in [0.25, 0.3) is 0 Å². The van der Waals surface area contributed by atoms with Gasteiger partial charge in [0.15, 0.2) is 11.6 Å². The van der Waals surface area contributed by atoms with Gasteiger partial charge in [0.2, 0.25) is 11.0 Å². The first kappa shape index (κ1) is 21.9. The fourth-order valence-corrected chi connectivity index (χ4v) is 3.95. The van der Waals surface area contributed by atoms with E-state index in [4.69, 9.17) is 0 Å². The normalized spacial score (nSPS) is 14.6. The molecule has 0 saturated heterocycles. The summed E-state index contributed by atoms with van der Waals surface area (Å²) in [4.78, 5) is 25.6. The minimum atomic E-state index is -4.59. The number of carbonyl (C=O) groups is 1. The number of amides is 1. The van der Waals surface area contributed by atoms with Crippen LogP contribution < -0.4 is 15.5 Å². The summed E-state index contributed by atoms with van der Waals surface area (Å²) in [6.07, 6.45) is -1.30. The lowest BCUT2D eigenvalue weighted by atomic mass is 10.0. The number of hydrogen-bond donors (Lipinski definition) is 2. The van der Waals surface area contributed by atoms with Crippen LogP contribution in [0, 0.1) is 0 Å². The van der Waals surface area contributed by atoms with E-state index in [1.54, 1.807) is 6.20 Å². The lowest BCUT2D eigenvalue weighted by Crippen LogP contribution is -2.27. The van der Waals surface area contributed by atoms with Crippen molar-refractivity contribution in [3.05, 3.63) is 35.7 Å². The maximum absolute atomic E-state index is 13.1. The number of nitrogens with one attached hydrogen (secondary N) is 2. The van der Waals surface area contributed by atoms with Crippen LogP contribution in [-0.4, -0.2) is 37.8 Å². The number of alkyl halides is 3. The highest BCUT2D eigenvalue weighted by Gasteiger charge is 2.33. The molecule has 0 radical (unpaired) electrons. The van der Waals surface area contributed by atoms with Gasteiger partial charge < -0.3 is 15.5 Å². The number of hydrogen-bond acceptors (Lipinski definition) is 8. The van der Waals surface area contributed by atoms with Gasteiger partial charge in [0.1, 0.15) is 5.69 Å². The molecular formula is C20H20F3N7OS. The first-order valence-electron chi connectivity index (χ1n) is 9.63. The molecule has 8 nitrogen and oxygen atoms in total. The van der Waals surface area contributed by atoms with Crippen molar-refractivity contribution >= 4 is 39.8 Å². The molecule has 4 heterocycles. The van der Waals surface area contributed by atoms with Crippen LogP contribution in [0.2, 0.25) is 0 Å². The summed E-state index contributed by atoms with van der Waals surface area (Å²) in [5.41, 5.74) is 1.64. The second kappa shape index (κ2) is 7.69. The second-order valence-corrected chi connectivity index (χ2v) is 8.88. The molecule has 2 N–H and O–H groups in total. The number of anilines is 4. The van der Waals surface area contributed by atoms with Gasteiger partial charge in [-0.1, -0.05) is 0 Å². The quantitative estimate of drug-likeness (QED) is 0.589. The fraction of sp³-hybridized carbons (Fsp3) is 0.350. The molecule has 32 heavy (non-hydrogen) atoms. The van der Waals surface area contributed by atoms with E-state index in [1.165, 1.54) is 14.0 Å². The van der Waals surface area contributed by atoms with Gasteiger partial charge in [0.05, 0.1) is 23.1 Å². The van der Waals surface area contributed by atoms with Crippen LogP contribution in [0.25, 0.3) is 11.5 Å². The number of nitrogens with zero attached hydrogens (tertiary/aromatic N) is 5. The number of fused-ring (bicyclic) bond motifs is 1. The predicted octanol–water partition coefficient (Wildman–Crippen LogP) is 4.49. The Balaban J connectivity index is 1.62. The molecule has 168 valence electrons. The summed E-state index contributed by atoms with van der Waals surface area (Å²) in [7, 11) is 1.38. The summed E-state index contributed by atoms with van der Waals surface area (Å²) < 4.78 is 43.7. The zero-order valence-corrected chi connectivity index (χ0v) is 18.5. The predicted molar refractivity (Wildman–Crippen MR) is 116 cm³/mol. The molecule has 0 fully saturated rings. The molecule has 0 bridgehead atoms. The zero-order chi connectivity index (χ0) is 23.3.